The number of hydrogen-bond acceptors (Lipinski definition) is 5. The van der Waals surface area contributed by atoms with Gasteiger partial charge in [0.2, 0.25) is 6.79 Å². The second-order valence-corrected chi connectivity index (χ2v) is 3.67. The molecule has 0 amide bonds. The first kappa shape index (κ1) is 12.1. The third-order valence-electron chi connectivity index (χ3n) is 2.70. The summed E-state index contributed by atoms with van der Waals surface area (Å²) < 4.78 is 15.3. The van der Waals surface area contributed by atoms with Crippen LogP contribution in [-0.4, -0.2) is 19.9 Å². The Hall–Kier alpha value is -2.40. The van der Waals surface area contributed by atoms with Crippen molar-refractivity contribution < 1.29 is 19.0 Å². The van der Waals surface area contributed by atoms with Gasteiger partial charge in [-0.1, -0.05) is 11.2 Å². The summed E-state index contributed by atoms with van der Waals surface area (Å²) >= 11 is 0. The van der Waals surface area contributed by atoms with Crippen LogP contribution in [0.5, 0.6) is 11.5 Å². The number of azide groups is 1. The van der Waals surface area contributed by atoms with Gasteiger partial charge in [-0.25, -0.2) is 0 Å². The van der Waals surface area contributed by atoms with Gasteiger partial charge in [0.1, 0.15) is 0 Å². The molecule has 1 atom stereocenters. The van der Waals surface area contributed by atoms with E-state index in [1.807, 2.05) is 0 Å². The summed E-state index contributed by atoms with van der Waals surface area (Å²) in [7, 11) is 1.32. The van der Waals surface area contributed by atoms with Crippen molar-refractivity contribution >= 4 is 11.7 Å². The molecule has 7 nitrogen and oxygen atoms in total. The number of methoxy groups -OCH3 is 1. The van der Waals surface area contributed by atoms with Crippen LogP contribution in [0, 0.1) is 0 Å². The third kappa shape index (κ3) is 1.91. The van der Waals surface area contributed by atoms with Crippen molar-refractivity contribution in [2.24, 2.45) is 5.11 Å². The van der Waals surface area contributed by atoms with Crippen LogP contribution >= 0.6 is 0 Å². The van der Waals surface area contributed by atoms with Crippen LogP contribution in [0.25, 0.3) is 10.4 Å². The summed E-state index contributed by atoms with van der Waals surface area (Å²) in [6.45, 7) is 1.74. The lowest BCUT2D eigenvalue weighted by Crippen LogP contribution is -2.11. The predicted molar refractivity (Wildman–Crippen MR) is 61.8 cm³/mol. The molecule has 0 N–H and O–H groups in total. The van der Waals surface area contributed by atoms with E-state index >= 15 is 0 Å². The smallest absolute Gasteiger partial charge is 0.312 e. The van der Waals surface area contributed by atoms with E-state index < -0.39 is 5.92 Å². The maximum Gasteiger partial charge on any atom is 0.312 e. The molecule has 94 valence electrons. The molecule has 1 heterocycles. The van der Waals surface area contributed by atoms with Crippen LogP contribution < -0.4 is 9.47 Å². The Balaban J connectivity index is 2.49. The van der Waals surface area contributed by atoms with E-state index in [1.54, 1.807) is 19.1 Å². The molecule has 2 rings (SSSR count). The molecule has 0 bridgehead atoms. The van der Waals surface area contributed by atoms with Crippen LogP contribution in [-0.2, 0) is 9.53 Å². The van der Waals surface area contributed by atoms with E-state index in [2.05, 4.69) is 14.8 Å². The molecule has 0 saturated heterocycles. The van der Waals surface area contributed by atoms with Crippen molar-refractivity contribution in [2.45, 2.75) is 12.8 Å². The van der Waals surface area contributed by atoms with Crippen molar-refractivity contribution in [3.05, 3.63) is 28.1 Å². The molecule has 0 radical (unpaired) electrons. The van der Waals surface area contributed by atoms with E-state index in [1.165, 1.54) is 7.11 Å². The molecule has 1 aliphatic rings. The Kier molecular flexibility index (Phi) is 3.25. The molecule has 0 spiro atoms. The molecule has 0 aliphatic carbocycles. The molecule has 1 unspecified atom stereocenters. The van der Waals surface area contributed by atoms with Crippen molar-refractivity contribution in [3.8, 4) is 11.5 Å². The number of rotatable bonds is 3. The highest BCUT2D eigenvalue weighted by molar-refractivity contribution is 5.80. The lowest BCUT2D eigenvalue weighted by Gasteiger charge is -2.12. The van der Waals surface area contributed by atoms with Crippen molar-refractivity contribution in [1.82, 2.24) is 0 Å². The average Bonchev–Trinajstić information content (AvgIpc) is 2.87. The summed E-state index contributed by atoms with van der Waals surface area (Å²) in [5.74, 6) is -0.0614. The molecule has 1 aliphatic heterocycles. The lowest BCUT2D eigenvalue weighted by atomic mass is 9.99. The fourth-order valence-electron chi connectivity index (χ4n) is 1.77. The van der Waals surface area contributed by atoms with Crippen molar-refractivity contribution in [2.75, 3.05) is 13.9 Å². The number of hydrogen-bond donors (Lipinski definition) is 0. The maximum absolute atomic E-state index is 11.5. The second kappa shape index (κ2) is 4.85. The SMILES string of the molecule is COC(=O)C(C)c1ccc(N=[N+]=[N-])c2c1OCO2. The Morgan fingerprint density at radius 3 is 2.89 bits per heavy atom. The van der Waals surface area contributed by atoms with Gasteiger partial charge >= 0.3 is 5.97 Å². The zero-order chi connectivity index (χ0) is 13.1. The molecular formula is C11H11N3O4. The first-order valence-corrected chi connectivity index (χ1v) is 5.24. The molecule has 18 heavy (non-hydrogen) atoms. The summed E-state index contributed by atoms with van der Waals surface area (Å²) in [6.07, 6.45) is 0. The fourth-order valence-corrected chi connectivity index (χ4v) is 1.77. The van der Waals surface area contributed by atoms with Crippen molar-refractivity contribution in [3.63, 3.8) is 0 Å². The Morgan fingerprint density at radius 2 is 2.22 bits per heavy atom. The van der Waals surface area contributed by atoms with Gasteiger partial charge in [0, 0.05) is 10.5 Å². The van der Waals surface area contributed by atoms with E-state index in [0.717, 1.165) is 0 Å². The van der Waals surface area contributed by atoms with Gasteiger partial charge in [-0.3, -0.25) is 4.79 Å². The second-order valence-electron chi connectivity index (χ2n) is 3.67. The van der Waals surface area contributed by atoms with E-state index in [-0.39, 0.29) is 12.8 Å². The zero-order valence-electron chi connectivity index (χ0n) is 9.91. The summed E-state index contributed by atoms with van der Waals surface area (Å²) in [5.41, 5.74) is 9.43. The first-order chi connectivity index (χ1) is 8.69. The fraction of sp³-hybridized carbons (Fsp3) is 0.364. The number of ether oxygens (including phenoxy) is 3. The molecule has 1 aromatic carbocycles. The monoisotopic (exact) mass is 249 g/mol. The van der Waals surface area contributed by atoms with Gasteiger partial charge in [0.25, 0.3) is 0 Å². The van der Waals surface area contributed by atoms with E-state index in [9.17, 15) is 4.79 Å². The largest absolute Gasteiger partial charge is 0.469 e. The molecule has 0 fully saturated rings. The highest BCUT2D eigenvalue weighted by Crippen LogP contribution is 2.46. The molecule has 0 aromatic heterocycles. The van der Waals surface area contributed by atoms with Crippen LogP contribution in [0.3, 0.4) is 0 Å². The quantitative estimate of drug-likeness (QED) is 0.356. The number of fused-ring (bicyclic) bond motifs is 1. The van der Waals surface area contributed by atoms with Crippen LogP contribution in [0.4, 0.5) is 5.69 Å². The van der Waals surface area contributed by atoms with Crippen LogP contribution in [0.1, 0.15) is 18.4 Å². The molecular weight excluding hydrogens is 238 g/mol. The number of nitrogens with zero attached hydrogens (tertiary/aromatic N) is 3. The molecule has 1 aromatic rings. The highest BCUT2D eigenvalue weighted by atomic mass is 16.7. The Bertz CT molecular complexity index is 537. The predicted octanol–water partition coefficient (Wildman–Crippen LogP) is 2.63. The van der Waals surface area contributed by atoms with Crippen molar-refractivity contribution in [1.29, 1.82) is 0 Å². The number of benzene rings is 1. The normalized spacial score (nSPS) is 13.7. The van der Waals surface area contributed by atoms with Crippen LogP contribution in [0.15, 0.2) is 17.2 Å². The van der Waals surface area contributed by atoms with E-state index in [0.29, 0.717) is 22.7 Å². The third-order valence-corrected chi connectivity index (χ3v) is 2.70. The molecule has 7 heteroatoms. The van der Waals surface area contributed by atoms with Gasteiger partial charge in [-0.05, 0) is 18.5 Å². The molecule has 0 saturated carbocycles. The standard InChI is InChI=1S/C11H11N3O4/c1-6(11(15)16-2)7-3-4-8(13-14-12)10-9(7)17-5-18-10/h3-4,6H,5H2,1-2H3. The highest BCUT2D eigenvalue weighted by Gasteiger charge is 2.27. The minimum atomic E-state index is -0.481. The number of carbonyl (C=O) groups is 1. The van der Waals surface area contributed by atoms with Gasteiger partial charge in [-0.15, -0.1) is 0 Å². The minimum Gasteiger partial charge on any atom is -0.469 e. The number of esters is 1. The number of carbonyl (C=O) groups excluding carboxylic acids is 1. The summed E-state index contributed by atoms with van der Waals surface area (Å²) in [6, 6.07) is 3.25. The maximum atomic E-state index is 11.5. The first-order valence-electron chi connectivity index (χ1n) is 5.24. The Morgan fingerprint density at radius 1 is 1.50 bits per heavy atom. The average molecular weight is 249 g/mol. The van der Waals surface area contributed by atoms with Gasteiger partial charge < -0.3 is 14.2 Å². The van der Waals surface area contributed by atoms with Gasteiger partial charge in [0.15, 0.2) is 11.5 Å². The zero-order valence-corrected chi connectivity index (χ0v) is 9.91. The van der Waals surface area contributed by atoms with Gasteiger partial charge in [-0.2, -0.15) is 0 Å². The van der Waals surface area contributed by atoms with E-state index in [4.69, 9.17) is 15.0 Å². The Labute approximate surface area is 103 Å². The lowest BCUT2D eigenvalue weighted by molar-refractivity contribution is -0.142. The summed E-state index contributed by atoms with van der Waals surface area (Å²) in [5, 5.41) is 3.50. The summed E-state index contributed by atoms with van der Waals surface area (Å²) in [4.78, 5) is 14.2. The van der Waals surface area contributed by atoms with Crippen LogP contribution in [0.2, 0.25) is 0 Å². The minimum absolute atomic E-state index is 0.0359. The van der Waals surface area contributed by atoms with Gasteiger partial charge in [0.05, 0.1) is 18.7 Å². The topological polar surface area (TPSA) is 93.5 Å².